The number of benzene rings is 1. The van der Waals surface area contributed by atoms with E-state index in [1.807, 2.05) is 40.9 Å². The molecule has 3 nitrogen and oxygen atoms in total. The summed E-state index contributed by atoms with van der Waals surface area (Å²) in [5.74, 6) is 7.96. The quantitative estimate of drug-likeness (QED) is 0.847. The number of hydrogen-bond donors (Lipinski definition) is 1. The molecule has 0 bridgehead atoms. The number of aliphatic hydroxyl groups is 1. The molecule has 1 N–H and O–H groups in total. The minimum atomic E-state index is 0.0778. The number of thioether (sulfide) groups is 1. The first-order valence-corrected chi connectivity index (χ1v) is 7.96. The number of rotatable bonds is 2. The van der Waals surface area contributed by atoms with Crippen LogP contribution >= 0.6 is 11.8 Å². The highest BCUT2D eigenvalue weighted by Gasteiger charge is 2.24. The van der Waals surface area contributed by atoms with Gasteiger partial charge in [0.2, 0.25) is 0 Å². The SMILES string of the molecule is CC1CSCCN1C(=O)c1ccc(C#CCCO)cc1. The molecule has 0 aliphatic carbocycles. The Morgan fingerprint density at radius 2 is 2.20 bits per heavy atom. The van der Waals surface area contributed by atoms with Gasteiger partial charge in [0.1, 0.15) is 0 Å². The van der Waals surface area contributed by atoms with E-state index in [9.17, 15) is 4.79 Å². The Hall–Kier alpha value is -1.44. The normalized spacial score (nSPS) is 18.3. The van der Waals surface area contributed by atoms with Gasteiger partial charge in [0.25, 0.3) is 5.91 Å². The van der Waals surface area contributed by atoms with Crippen LogP contribution in [0.5, 0.6) is 0 Å². The van der Waals surface area contributed by atoms with Crippen LogP contribution in [0.2, 0.25) is 0 Å². The lowest BCUT2D eigenvalue weighted by Gasteiger charge is -2.33. The number of nitrogens with zero attached hydrogens (tertiary/aromatic N) is 1. The van der Waals surface area contributed by atoms with Gasteiger partial charge in [0.05, 0.1) is 6.61 Å². The van der Waals surface area contributed by atoms with Gasteiger partial charge in [-0.25, -0.2) is 0 Å². The predicted octanol–water partition coefficient (Wildman–Crippen LogP) is 2.00. The maximum atomic E-state index is 12.4. The molecule has 1 aliphatic rings. The van der Waals surface area contributed by atoms with E-state index < -0.39 is 0 Å². The maximum absolute atomic E-state index is 12.4. The molecule has 106 valence electrons. The first-order chi connectivity index (χ1) is 9.72. The van der Waals surface area contributed by atoms with Gasteiger partial charge in [-0.1, -0.05) is 11.8 Å². The van der Waals surface area contributed by atoms with Crippen LogP contribution < -0.4 is 0 Å². The number of carbonyl (C=O) groups is 1. The second-order valence-electron chi connectivity index (χ2n) is 4.78. The lowest BCUT2D eigenvalue weighted by atomic mass is 10.1. The molecule has 0 spiro atoms. The molecule has 0 aromatic heterocycles. The molecule has 1 heterocycles. The minimum Gasteiger partial charge on any atom is -0.395 e. The number of carbonyl (C=O) groups excluding carboxylic acids is 1. The summed E-state index contributed by atoms with van der Waals surface area (Å²) in [5, 5.41) is 8.68. The molecule has 1 fully saturated rings. The standard InChI is InChI=1S/C16H19NO2S/c1-13-12-20-11-9-17(13)16(19)15-7-5-14(6-8-15)4-2-3-10-18/h5-8,13,18H,3,9-12H2,1H3. The second kappa shape index (κ2) is 7.37. The molecular weight excluding hydrogens is 270 g/mol. The van der Waals surface area contributed by atoms with Crippen LogP contribution in [0, 0.1) is 11.8 Å². The predicted molar refractivity (Wildman–Crippen MR) is 82.8 cm³/mol. The van der Waals surface area contributed by atoms with Crippen molar-refractivity contribution in [3.63, 3.8) is 0 Å². The van der Waals surface area contributed by atoms with E-state index in [1.54, 1.807) is 0 Å². The maximum Gasteiger partial charge on any atom is 0.254 e. The summed E-state index contributed by atoms with van der Waals surface area (Å²) in [4.78, 5) is 14.4. The first-order valence-electron chi connectivity index (χ1n) is 6.81. The van der Waals surface area contributed by atoms with E-state index in [0.717, 1.165) is 29.2 Å². The number of hydrogen-bond acceptors (Lipinski definition) is 3. The van der Waals surface area contributed by atoms with E-state index in [2.05, 4.69) is 18.8 Å². The molecule has 1 atom stereocenters. The van der Waals surface area contributed by atoms with E-state index in [-0.39, 0.29) is 12.5 Å². The molecule has 0 saturated carbocycles. The van der Waals surface area contributed by atoms with Crippen molar-refractivity contribution < 1.29 is 9.90 Å². The summed E-state index contributed by atoms with van der Waals surface area (Å²) in [7, 11) is 0. The van der Waals surface area contributed by atoms with Crippen molar-refractivity contribution in [1.29, 1.82) is 0 Å². The number of aliphatic hydroxyl groups excluding tert-OH is 1. The van der Waals surface area contributed by atoms with Crippen LogP contribution in [-0.2, 0) is 0 Å². The van der Waals surface area contributed by atoms with Gasteiger partial charge in [0.15, 0.2) is 0 Å². The van der Waals surface area contributed by atoms with E-state index in [0.29, 0.717) is 12.5 Å². The fraction of sp³-hybridized carbons (Fsp3) is 0.438. The van der Waals surface area contributed by atoms with Crippen LogP contribution in [-0.4, -0.2) is 46.6 Å². The molecule has 1 saturated heterocycles. The monoisotopic (exact) mass is 289 g/mol. The van der Waals surface area contributed by atoms with Crippen LogP contribution in [0.4, 0.5) is 0 Å². The largest absolute Gasteiger partial charge is 0.395 e. The molecule has 2 rings (SSSR count). The van der Waals surface area contributed by atoms with Gasteiger partial charge in [-0.15, -0.1) is 0 Å². The molecule has 1 aromatic rings. The summed E-state index contributed by atoms with van der Waals surface area (Å²) in [6.45, 7) is 3.00. The van der Waals surface area contributed by atoms with Crippen molar-refractivity contribution in [2.75, 3.05) is 24.7 Å². The van der Waals surface area contributed by atoms with Gasteiger partial charge in [-0.2, -0.15) is 11.8 Å². The Bertz CT molecular complexity index is 516. The summed E-state index contributed by atoms with van der Waals surface area (Å²) in [6.07, 6.45) is 0.476. The summed E-state index contributed by atoms with van der Waals surface area (Å²) in [5.41, 5.74) is 1.59. The highest BCUT2D eigenvalue weighted by atomic mass is 32.2. The molecule has 1 unspecified atom stereocenters. The Morgan fingerprint density at radius 3 is 2.85 bits per heavy atom. The highest BCUT2D eigenvalue weighted by Crippen LogP contribution is 2.18. The van der Waals surface area contributed by atoms with Crippen molar-refractivity contribution >= 4 is 17.7 Å². The smallest absolute Gasteiger partial charge is 0.254 e. The molecular formula is C16H19NO2S. The molecule has 1 aliphatic heterocycles. The van der Waals surface area contributed by atoms with E-state index in [1.165, 1.54) is 0 Å². The third-order valence-corrected chi connectivity index (χ3v) is 4.42. The summed E-state index contributed by atoms with van der Waals surface area (Å²) in [6, 6.07) is 7.69. The zero-order valence-corrected chi connectivity index (χ0v) is 12.4. The third-order valence-electron chi connectivity index (χ3n) is 3.23. The minimum absolute atomic E-state index is 0.0778. The Kier molecular flexibility index (Phi) is 5.51. The van der Waals surface area contributed by atoms with Crippen LogP contribution in [0.3, 0.4) is 0 Å². The van der Waals surface area contributed by atoms with Gasteiger partial charge < -0.3 is 10.0 Å². The molecule has 1 aromatic carbocycles. The van der Waals surface area contributed by atoms with Crippen molar-refractivity contribution in [1.82, 2.24) is 4.90 Å². The molecule has 0 radical (unpaired) electrons. The van der Waals surface area contributed by atoms with Crippen LogP contribution in [0.15, 0.2) is 24.3 Å². The zero-order valence-electron chi connectivity index (χ0n) is 11.6. The van der Waals surface area contributed by atoms with Crippen molar-refractivity contribution in [2.24, 2.45) is 0 Å². The van der Waals surface area contributed by atoms with E-state index in [4.69, 9.17) is 5.11 Å². The van der Waals surface area contributed by atoms with Crippen molar-refractivity contribution in [3.8, 4) is 11.8 Å². The van der Waals surface area contributed by atoms with Gasteiger partial charge >= 0.3 is 0 Å². The number of amides is 1. The molecule has 4 heteroatoms. The van der Waals surface area contributed by atoms with Crippen molar-refractivity contribution in [3.05, 3.63) is 35.4 Å². The van der Waals surface area contributed by atoms with Gasteiger partial charge in [-0.05, 0) is 31.2 Å². The first kappa shape index (κ1) is 15.0. The highest BCUT2D eigenvalue weighted by molar-refractivity contribution is 7.99. The van der Waals surface area contributed by atoms with Crippen LogP contribution in [0.25, 0.3) is 0 Å². The van der Waals surface area contributed by atoms with Gasteiger partial charge in [-0.3, -0.25) is 4.79 Å². The zero-order chi connectivity index (χ0) is 14.4. The topological polar surface area (TPSA) is 40.5 Å². The average Bonchev–Trinajstić information content (AvgIpc) is 2.48. The Labute approximate surface area is 124 Å². The fourth-order valence-electron chi connectivity index (χ4n) is 2.11. The van der Waals surface area contributed by atoms with Crippen molar-refractivity contribution in [2.45, 2.75) is 19.4 Å². The Morgan fingerprint density at radius 1 is 1.45 bits per heavy atom. The summed E-state index contributed by atoms with van der Waals surface area (Å²) >= 11 is 1.90. The third kappa shape index (κ3) is 3.78. The molecule has 20 heavy (non-hydrogen) atoms. The average molecular weight is 289 g/mol. The Balaban J connectivity index is 2.06. The van der Waals surface area contributed by atoms with E-state index >= 15 is 0 Å². The fourth-order valence-corrected chi connectivity index (χ4v) is 3.12. The molecule has 1 amide bonds. The summed E-state index contributed by atoms with van der Waals surface area (Å²) < 4.78 is 0. The lowest BCUT2D eigenvalue weighted by Crippen LogP contribution is -2.44. The van der Waals surface area contributed by atoms with Gasteiger partial charge in [0, 0.05) is 41.6 Å². The lowest BCUT2D eigenvalue weighted by molar-refractivity contribution is 0.0716. The second-order valence-corrected chi connectivity index (χ2v) is 5.93. The van der Waals surface area contributed by atoms with Crippen LogP contribution in [0.1, 0.15) is 29.3 Å².